The minimum absolute atomic E-state index is 0.553. The van der Waals surface area contributed by atoms with Crippen LogP contribution in [0.5, 0.6) is 0 Å². The molecule has 0 spiro atoms. The van der Waals surface area contributed by atoms with Crippen LogP contribution in [0.4, 0.5) is 17.5 Å². The number of nitrogens with one attached hydrogen (secondary N) is 2. The number of hydrogen-bond donors (Lipinski definition) is 2. The predicted octanol–water partition coefficient (Wildman–Crippen LogP) is 3.68. The van der Waals surface area contributed by atoms with Crippen molar-refractivity contribution in [1.29, 1.82) is 0 Å². The highest BCUT2D eigenvalue weighted by Gasteiger charge is 2.04. The van der Waals surface area contributed by atoms with Crippen molar-refractivity contribution in [3.8, 4) is 0 Å². The zero-order valence-electron chi connectivity index (χ0n) is 9.04. The predicted molar refractivity (Wildman–Crippen MR) is 74.0 cm³/mol. The molecule has 1 aromatic carbocycles. The summed E-state index contributed by atoms with van der Waals surface area (Å²) in [5.74, 6) is 1.24. The molecule has 0 aliphatic heterocycles. The summed E-state index contributed by atoms with van der Waals surface area (Å²) in [5.41, 5.74) is 0.874. The largest absolute Gasteiger partial charge is 0.357 e. The van der Waals surface area contributed by atoms with E-state index in [0.29, 0.717) is 16.8 Å². The van der Waals surface area contributed by atoms with Crippen molar-refractivity contribution in [3.63, 3.8) is 0 Å². The van der Waals surface area contributed by atoms with Crippen LogP contribution in [-0.2, 0) is 0 Å². The van der Waals surface area contributed by atoms with E-state index in [9.17, 15) is 0 Å². The summed E-state index contributed by atoms with van der Waals surface area (Å²) < 4.78 is 0.788. The van der Waals surface area contributed by atoms with Gasteiger partial charge in [-0.1, -0.05) is 17.7 Å². The molecule has 88 valence electrons. The number of rotatable bonds is 3. The van der Waals surface area contributed by atoms with Crippen molar-refractivity contribution in [2.24, 2.45) is 0 Å². The standard InChI is InChI=1S/C11H10BrClN4/c1-14-11-15-6-9(12)10(17-11)16-8-4-2-3-7(13)5-8/h2-6H,1H3,(H2,14,15,16,17). The van der Waals surface area contributed by atoms with Gasteiger partial charge in [0.15, 0.2) is 0 Å². The number of benzene rings is 1. The first-order valence-electron chi connectivity index (χ1n) is 4.92. The minimum atomic E-state index is 0.553. The Morgan fingerprint density at radius 2 is 2.18 bits per heavy atom. The zero-order valence-corrected chi connectivity index (χ0v) is 11.4. The molecule has 0 aliphatic rings. The lowest BCUT2D eigenvalue weighted by molar-refractivity contribution is 1.14. The van der Waals surface area contributed by atoms with E-state index in [4.69, 9.17) is 11.6 Å². The molecule has 0 amide bonds. The molecule has 4 nitrogen and oxygen atoms in total. The highest BCUT2D eigenvalue weighted by Crippen LogP contribution is 2.25. The molecule has 1 heterocycles. The third-order valence-electron chi connectivity index (χ3n) is 2.06. The first-order chi connectivity index (χ1) is 8.19. The summed E-state index contributed by atoms with van der Waals surface area (Å²) in [6, 6.07) is 7.44. The second-order valence-corrected chi connectivity index (χ2v) is 4.57. The van der Waals surface area contributed by atoms with E-state index >= 15 is 0 Å². The highest BCUT2D eigenvalue weighted by atomic mass is 79.9. The van der Waals surface area contributed by atoms with Crippen molar-refractivity contribution < 1.29 is 0 Å². The summed E-state index contributed by atoms with van der Waals surface area (Å²) in [4.78, 5) is 8.37. The van der Waals surface area contributed by atoms with Gasteiger partial charge in [0.05, 0.1) is 4.47 Å². The SMILES string of the molecule is CNc1ncc(Br)c(Nc2cccc(Cl)c2)n1. The third-order valence-corrected chi connectivity index (χ3v) is 2.87. The fourth-order valence-electron chi connectivity index (χ4n) is 1.28. The second-order valence-electron chi connectivity index (χ2n) is 3.28. The van der Waals surface area contributed by atoms with Crippen LogP contribution in [0, 0.1) is 0 Å². The maximum Gasteiger partial charge on any atom is 0.224 e. The molecule has 0 atom stereocenters. The van der Waals surface area contributed by atoms with Gasteiger partial charge in [0, 0.05) is 24.0 Å². The van der Waals surface area contributed by atoms with E-state index in [1.807, 2.05) is 24.3 Å². The zero-order chi connectivity index (χ0) is 12.3. The molecule has 0 bridgehead atoms. The van der Waals surface area contributed by atoms with E-state index in [1.54, 1.807) is 13.2 Å². The van der Waals surface area contributed by atoms with Crippen LogP contribution < -0.4 is 10.6 Å². The van der Waals surface area contributed by atoms with Crippen LogP contribution >= 0.6 is 27.5 Å². The molecule has 2 aromatic rings. The van der Waals surface area contributed by atoms with Crippen molar-refractivity contribution in [2.45, 2.75) is 0 Å². The quantitative estimate of drug-likeness (QED) is 0.907. The van der Waals surface area contributed by atoms with Crippen molar-refractivity contribution in [1.82, 2.24) is 9.97 Å². The summed E-state index contributed by atoms with van der Waals surface area (Å²) in [7, 11) is 1.77. The fraction of sp³-hybridized carbons (Fsp3) is 0.0909. The normalized spacial score (nSPS) is 10.1. The van der Waals surface area contributed by atoms with Crippen LogP contribution in [0.2, 0.25) is 5.02 Å². The van der Waals surface area contributed by atoms with Crippen LogP contribution in [-0.4, -0.2) is 17.0 Å². The summed E-state index contributed by atoms with van der Waals surface area (Å²) in [6.07, 6.45) is 1.69. The van der Waals surface area contributed by atoms with Gasteiger partial charge < -0.3 is 10.6 Å². The maximum absolute atomic E-state index is 5.91. The molecule has 0 radical (unpaired) electrons. The Labute approximate surface area is 113 Å². The highest BCUT2D eigenvalue weighted by molar-refractivity contribution is 9.10. The van der Waals surface area contributed by atoms with Crippen LogP contribution in [0.25, 0.3) is 0 Å². The van der Waals surface area contributed by atoms with Gasteiger partial charge in [-0.05, 0) is 34.1 Å². The van der Waals surface area contributed by atoms with E-state index < -0.39 is 0 Å². The molecular formula is C11H10BrClN4. The molecular weight excluding hydrogens is 304 g/mol. The number of aromatic nitrogens is 2. The maximum atomic E-state index is 5.91. The summed E-state index contributed by atoms with van der Waals surface area (Å²) in [5, 5.41) is 6.72. The Bertz CT molecular complexity index is 533. The summed E-state index contributed by atoms with van der Waals surface area (Å²) in [6.45, 7) is 0. The second kappa shape index (κ2) is 5.33. The van der Waals surface area contributed by atoms with E-state index in [0.717, 1.165) is 10.2 Å². The fourth-order valence-corrected chi connectivity index (χ4v) is 1.76. The van der Waals surface area contributed by atoms with E-state index in [1.165, 1.54) is 0 Å². The third kappa shape index (κ3) is 3.08. The van der Waals surface area contributed by atoms with Gasteiger partial charge >= 0.3 is 0 Å². The van der Waals surface area contributed by atoms with Crippen molar-refractivity contribution in [3.05, 3.63) is 40.0 Å². The van der Waals surface area contributed by atoms with E-state index in [-0.39, 0.29) is 0 Å². The lowest BCUT2D eigenvalue weighted by atomic mass is 10.3. The Kier molecular flexibility index (Phi) is 3.81. The van der Waals surface area contributed by atoms with Crippen LogP contribution in [0.3, 0.4) is 0 Å². The van der Waals surface area contributed by atoms with Gasteiger partial charge in [0.25, 0.3) is 0 Å². The Balaban J connectivity index is 2.29. The smallest absolute Gasteiger partial charge is 0.224 e. The van der Waals surface area contributed by atoms with Gasteiger partial charge in [-0.15, -0.1) is 0 Å². The van der Waals surface area contributed by atoms with Gasteiger partial charge in [0.1, 0.15) is 5.82 Å². The first-order valence-corrected chi connectivity index (χ1v) is 6.09. The first kappa shape index (κ1) is 12.1. The molecule has 0 aliphatic carbocycles. The Hall–Kier alpha value is -1.33. The molecule has 2 rings (SSSR count). The Morgan fingerprint density at radius 1 is 1.35 bits per heavy atom. The average molecular weight is 314 g/mol. The van der Waals surface area contributed by atoms with Gasteiger partial charge in [-0.25, -0.2) is 4.98 Å². The topological polar surface area (TPSA) is 49.8 Å². The number of nitrogens with zero attached hydrogens (tertiary/aromatic N) is 2. The molecule has 1 aromatic heterocycles. The number of anilines is 3. The van der Waals surface area contributed by atoms with Gasteiger partial charge in [0.2, 0.25) is 5.95 Å². The van der Waals surface area contributed by atoms with E-state index in [2.05, 4.69) is 36.5 Å². The molecule has 17 heavy (non-hydrogen) atoms. The van der Waals surface area contributed by atoms with Crippen molar-refractivity contribution in [2.75, 3.05) is 17.7 Å². The number of halogens is 2. The molecule has 6 heteroatoms. The van der Waals surface area contributed by atoms with Crippen LogP contribution in [0.1, 0.15) is 0 Å². The monoisotopic (exact) mass is 312 g/mol. The lowest BCUT2D eigenvalue weighted by Gasteiger charge is -2.08. The number of hydrogen-bond acceptors (Lipinski definition) is 4. The van der Waals surface area contributed by atoms with Crippen LogP contribution in [0.15, 0.2) is 34.9 Å². The minimum Gasteiger partial charge on any atom is -0.357 e. The van der Waals surface area contributed by atoms with Gasteiger partial charge in [-0.2, -0.15) is 4.98 Å². The van der Waals surface area contributed by atoms with Crippen molar-refractivity contribution >= 4 is 45.0 Å². The molecule has 0 fully saturated rings. The Morgan fingerprint density at radius 3 is 2.88 bits per heavy atom. The molecule has 2 N–H and O–H groups in total. The molecule has 0 saturated heterocycles. The summed E-state index contributed by atoms with van der Waals surface area (Å²) >= 11 is 9.30. The molecule has 0 saturated carbocycles. The lowest BCUT2D eigenvalue weighted by Crippen LogP contribution is -2.01. The van der Waals surface area contributed by atoms with Gasteiger partial charge in [-0.3, -0.25) is 0 Å². The average Bonchev–Trinajstić information content (AvgIpc) is 2.32. The molecule has 0 unspecified atom stereocenters.